The number of halogens is 2. The number of hydrogen-bond acceptors (Lipinski definition) is 4. The molecule has 1 heterocycles. The second-order valence-electron chi connectivity index (χ2n) is 7.38. The molecular formula is C24H24Cl2N2O4. The van der Waals surface area contributed by atoms with Crippen LogP contribution in [0.1, 0.15) is 38.8 Å². The molecule has 1 aromatic heterocycles. The minimum absolute atomic E-state index is 0.172. The number of carboxylic acids is 1. The lowest BCUT2D eigenvalue weighted by atomic mass is 10.00. The Morgan fingerprint density at radius 3 is 2.19 bits per heavy atom. The first kappa shape index (κ1) is 24.0. The Hall–Kier alpha value is -2.67. The van der Waals surface area contributed by atoms with E-state index in [0.29, 0.717) is 41.5 Å². The van der Waals surface area contributed by atoms with Gasteiger partial charge in [-0.25, -0.2) is 4.79 Å². The van der Waals surface area contributed by atoms with Crippen molar-refractivity contribution in [3.8, 4) is 0 Å². The van der Waals surface area contributed by atoms with Gasteiger partial charge in [0.15, 0.2) is 5.78 Å². The molecule has 0 radical (unpaired) electrons. The Morgan fingerprint density at radius 2 is 1.62 bits per heavy atom. The van der Waals surface area contributed by atoms with Gasteiger partial charge in [0.05, 0.1) is 5.52 Å². The Kier molecular flexibility index (Phi) is 8.07. The van der Waals surface area contributed by atoms with Crippen molar-refractivity contribution >= 4 is 45.9 Å². The van der Waals surface area contributed by atoms with Crippen molar-refractivity contribution in [2.24, 2.45) is 0 Å². The zero-order valence-electron chi connectivity index (χ0n) is 17.7. The maximum atomic E-state index is 13.1. The number of nitrogens with zero attached hydrogens (tertiary/aromatic N) is 2. The van der Waals surface area contributed by atoms with E-state index in [1.165, 1.54) is 12.3 Å². The number of aryl methyl sites for hydroxylation is 1. The Morgan fingerprint density at radius 1 is 1.00 bits per heavy atom. The molecular weight excluding hydrogens is 451 g/mol. The molecule has 0 aliphatic rings. The third-order valence-electron chi connectivity index (χ3n) is 5.34. The molecule has 3 rings (SSSR count). The van der Waals surface area contributed by atoms with Gasteiger partial charge in [-0.2, -0.15) is 0 Å². The first-order chi connectivity index (χ1) is 15.4. The summed E-state index contributed by atoms with van der Waals surface area (Å²) < 4.78 is 1.67. The van der Waals surface area contributed by atoms with Gasteiger partial charge in [-0.1, -0.05) is 30.3 Å². The first-order valence-corrected chi connectivity index (χ1v) is 11.3. The van der Waals surface area contributed by atoms with Crippen LogP contribution < -0.4 is 5.43 Å². The number of aromatic carboxylic acids is 1. The summed E-state index contributed by atoms with van der Waals surface area (Å²) in [6.45, 7) is 4.47. The van der Waals surface area contributed by atoms with E-state index in [1.54, 1.807) is 28.8 Å². The average Bonchev–Trinajstić information content (AvgIpc) is 2.79. The summed E-state index contributed by atoms with van der Waals surface area (Å²) in [6.07, 6.45) is 1.32. The SMILES string of the molecule is CCn1cc(C(=O)O)c(=O)c2ccc(C(=O)c3ccc(CN(CCCl)CCCl)cc3)cc21. The van der Waals surface area contributed by atoms with Crippen LogP contribution in [0.3, 0.4) is 0 Å². The van der Waals surface area contributed by atoms with E-state index in [2.05, 4.69) is 4.90 Å². The van der Waals surface area contributed by atoms with Gasteiger partial charge < -0.3 is 9.67 Å². The molecule has 0 amide bonds. The van der Waals surface area contributed by atoms with Crippen molar-refractivity contribution in [2.75, 3.05) is 24.8 Å². The van der Waals surface area contributed by atoms with E-state index in [9.17, 15) is 19.5 Å². The molecule has 2 aromatic carbocycles. The number of fused-ring (bicyclic) bond motifs is 1. The second-order valence-corrected chi connectivity index (χ2v) is 8.13. The normalized spacial score (nSPS) is 11.2. The number of rotatable bonds is 10. The molecule has 0 bridgehead atoms. The molecule has 168 valence electrons. The molecule has 0 spiro atoms. The van der Waals surface area contributed by atoms with Gasteiger partial charge in [0.1, 0.15) is 5.56 Å². The van der Waals surface area contributed by atoms with Crippen LogP contribution in [0.2, 0.25) is 0 Å². The van der Waals surface area contributed by atoms with E-state index < -0.39 is 11.4 Å². The largest absolute Gasteiger partial charge is 0.477 e. The van der Waals surface area contributed by atoms with Crippen molar-refractivity contribution in [3.05, 3.63) is 81.1 Å². The summed E-state index contributed by atoms with van der Waals surface area (Å²) in [6, 6.07) is 12.1. The monoisotopic (exact) mass is 474 g/mol. The molecule has 0 saturated carbocycles. The van der Waals surface area contributed by atoms with Crippen molar-refractivity contribution in [1.29, 1.82) is 0 Å². The van der Waals surface area contributed by atoms with Crippen LogP contribution in [0.5, 0.6) is 0 Å². The number of ketones is 1. The Balaban J connectivity index is 1.90. The number of pyridine rings is 1. The molecule has 32 heavy (non-hydrogen) atoms. The Bertz CT molecular complexity index is 1180. The summed E-state index contributed by atoms with van der Waals surface area (Å²) in [4.78, 5) is 39.1. The lowest BCUT2D eigenvalue weighted by Crippen LogP contribution is -2.27. The van der Waals surface area contributed by atoms with Crippen LogP contribution in [0.15, 0.2) is 53.5 Å². The van der Waals surface area contributed by atoms with Crippen LogP contribution in [-0.4, -0.2) is 51.2 Å². The fourth-order valence-electron chi connectivity index (χ4n) is 3.64. The zero-order valence-corrected chi connectivity index (χ0v) is 19.2. The minimum Gasteiger partial charge on any atom is -0.477 e. The van der Waals surface area contributed by atoms with Crippen LogP contribution in [0.25, 0.3) is 10.9 Å². The molecule has 6 nitrogen and oxygen atoms in total. The van der Waals surface area contributed by atoms with E-state index in [1.807, 2.05) is 19.1 Å². The number of carbonyl (C=O) groups is 2. The van der Waals surface area contributed by atoms with E-state index in [-0.39, 0.29) is 16.7 Å². The van der Waals surface area contributed by atoms with Gasteiger partial charge in [0.2, 0.25) is 5.43 Å². The van der Waals surface area contributed by atoms with Gasteiger partial charge in [0, 0.05) is 60.6 Å². The number of hydrogen-bond donors (Lipinski definition) is 1. The number of alkyl halides is 2. The number of benzene rings is 2. The highest BCUT2D eigenvalue weighted by atomic mass is 35.5. The third-order valence-corrected chi connectivity index (χ3v) is 5.68. The van der Waals surface area contributed by atoms with Crippen LogP contribution in [-0.2, 0) is 13.1 Å². The summed E-state index contributed by atoms with van der Waals surface area (Å²) in [5.74, 6) is -0.400. The second kappa shape index (κ2) is 10.8. The highest BCUT2D eigenvalue weighted by molar-refractivity contribution is 6.18. The highest BCUT2D eigenvalue weighted by Crippen LogP contribution is 2.19. The third kappa shape index (κ3) is 5.21. The summed E-state index contributed by atoms with van der Waals surface area (Å²) >= 11 is 11.7. The molecule has 0 unspecified atom stereocenters. The van der Waals surface area contributed by atoms with Gasteiger partial charge in [-0.3, -0.25) is 14.5 Å². The average molecular weight is 475 g/mol. The van der Waals surface area contributed by atoms with Crippen LogP contribution in [0.4, 0.5) is 0 Å². The smallest absolute Gasteiger partial charge is 0.341 e. The lowest BCUT2D eigenvalue weighted by Gasteiger charge is -2.20. The molecule has 3 aromatic rings. The van der Waals surface area contributed by atoms with Crippen molar-refractivity contribution in [2.45, 2.75) is 20.0 Å². The summed E-state index contributed by atoms with van der Waals surface area (Å²) in [5.41, 5.74) is 1.70. The van der Waals surface area contributed by atoms with Crippen molar-refractivity contribution in [3.63, 3.8) is 0 Å². The molecule has 1 N–H and O–H groups in total. The maximum Gasteiger partial charge on any atom is 0.341 e. The topological polar surface area (TPSA) is 79.6 Å². The number of carboxylic acid groups (broad SMARTS) is 1. The predicted octanol–water partition coefficient (Wildman–Crippen LogP) is 4.23. The molecule has 0 atom stereocenters. The predicted molar refractivity (Wildman–Crippen MR) is 127 cm³/mol. The highest BCUT2D eigenvalue weighted by Gasteiger charge is 2.17. The maximum absolute atomic E-state index is 13.1. The van der Waals surface area contributed by atoms with Crippen LogP contribution >= 0.6 is 23.2 Å². The molecule has 0 saturated heterocycles. The number of aromatic nitrogens is 1. The fraction of sp³-hybridized carbons (Fsp3) is 0.292. The summed E-state index contributed by atoms with van der Waals surface area (Å²) in [5, 5.41) is 9.57. The minimum atomic E-state index is -1.27. The zero-order chi connectivity index (χ0) is 23.3. The van der Waals surface area contributed by atoms with Gasteiger partial charge in [-0.05, 0) is 24.6 Å². The van der Waals surface area contributed by atoms with E-state index in [0.717, 1.165) is 18.7 Å². The molecule has 0 aliphatic heterocycles. The molecule has 0 fully saturated rings. The van der Waals surface area contributed by atoms with Gasteiger partial charge >= 0.3 is 5.97 Å². The van der Waals surface area contributed by atoms with Crippen LogP contribution in [0, 0.1) is 0 Å². The van der Waals surface area contributed by atoms with E-state index in [4.69, 9.17) is 23.2 Å². The van der Waals surface area contributed by atoms with Crippen molar-refractivity contribution < 1.29 is 14.7 Å². The quantitative estimate of drug-likeness (QED) is 0.351. The first-order valence-electron chi connectivity index (χ1n) is 10.3. The fourth-order valence-corrected chi connectivity index (χ4v) is 4.12. The summed E-state index contributed by atoms with van der Waals surface area (Å²) in [7, 11) is 0. The number of carbonyl (C=O) groups excluding carboxylic acids is 1. The van der Waals surface area contributed by atoms with Crippen molar-refractivity contribution in [1.82, 2.24) is 9.47 Å². The Labute approximate surface area is 196 Å². The van der Waals surface area contributed by atoms with E-state index >= 15 is 0 Å². The molecule has 8 heteroatoms. The standard InChI is InChI=1S/C24H24Cl2N2O4/c1-2-28-15-20(24(31)32)23(30)19-8-7-18(13-21(19)28)22(29)17-5-3-16(4-6-17)14-27(11-9-25)12-10-26/h3-8,13,15H,2,9-12,14H2,1H3,(H,31,32). The lowest BCUT2D eigenvalue weighted by molar-refractivity contribution is 0.0694. The van der Waals surface area contributed by atoms with Gasteiger partial charge in [0.25, 0.3) is 0 Å². The van der Waals surface area contributed by atoms with Gasteiger partial charge in [-0.15, -0.1) is 23.2 Å². The molecule has 0 aliphatic carbocycles.